The molecule has 2 rings (SSSR count). The minimum atomic E-state index is -3.09. The van der Waals surface area contributed by atoms with Gasteiger partial charge in [-0.05, 0) is 32.0 Å². The van der Waals surface area contributed by atoms with E-state index in [2.05, 4.69) is 10.1 Å². The lowest BCUT2D eigenvalue weighted by molar-refractivity contribution is 0.0639. The molecule has 0 aliphatic heterocycles. The normalized spacial score (nSPS) is 12.0. The molecule has 23 heavy (non-hydrogen) atoms. The summed E-state index contributed by atoms with van der Waals surface area (Å²) in [5.74, 6) is 0.100. The number of aryl methyl sites for hydroxylation is 1. The molecule has 1 aromatic carbocycles. The van der Waals surface area contributed by atoms with Crippen LogP contribution in [0.3, 0.4) is 0 Å². The average Bonchev–Trinajstić information content (AvgIpc) is 2.92. The van der Waals surface area contributed by atoms with Gasteiger partial charge in [0.2, 0.25) is 0 Å². The largest absolute Gasteiger partial charge is 0.374 e. The summed E-state index contributed by atoms with van der Waals surface area (Å²) in [4.78, 5) is 4.14. The second kappa shape index (κ2) is 7.18. The fourth-order valence-corrected chi connectivity index (χ4v) is 2.38. The van der Waals surface area contributed by atoms with Crippen LogP contribution in [0.4, 0.5) is 4.39 Å². The summed E-state index contributed by atoms with van der Waals surface area (Å²) in [5.41, 5.74) is 0.957. The number of hydrogen-bond donors (Lipinski definition) is 0. The van der Waals surface area contributed by atoms with Crippen LogP contribution < -0.4 is 0 Å². The Morgan fingerprint density at radius 2 is 2.09 bits per heavy atom. The number of rotatable bonds is 7. The molecule has 0 saturated carbocycles. The highest BCUT2D eigenvalue weighted by Crippen LogP contribution is 2.21. The van der Waals surface area contributed by atoms with Gasteiger partial charge in [0.25, 0.3) is 5.89 Å². The summed E-state index contributed by atoms with van der Waals surface area (Å²) in [7, 11) is -3.09. The molecule has 8 heteroatoms. The fourth-order valence-electron chi connectivity index (χ4n) is 1.82. The number of nitrogens with zero attached hydrogens (tertiary/aromatic N) is 2. The van der Waals surface area contributed by atoms with Crippen LogP contribution in [-0.2, 0) is 27.6 Å². The minimum Gasteiger partial charge on any atom is -0.374 e. The molecule has 0 spiro atoms. The van der Waals surface area contributed by atoms with Crippen LogP contribution in [0.1, 0.15) is 25.2 Å². The predicted octanol–water partition coefficient (Wildman–Crippen LogP) is 2.39. The van der Waals surface area contributed by atoms with Crippen molar-refractivity contribution in [3.05, 3.63) is 35.4 Å². The van der Waals surface area contributed by atoms with Gasteiger partial charge in [0.15, 0.2) is 5.82 Å². The van der Waals surface area contributed by atoms with E-state index < -0.39 is 9.84 Å². The monoisotopic (exact) mass is 342 g/mol. The Morgan fingerprint density at radius 3 is 2.74 bits per heavy atom. The van der Waals surface area contributed by atoms with E-state index in [0.29, 0.717) is 17.0 Å². The van der Waals surface area contributed by atoms with Crippen LogP contribution >= 0.6 is 0 Å². The van der Waals surface area contributed by atoms with Gasteiger partial charge in [-0.2, -0.15) is 4.98 Å². The van der Waals surface area contributed by atoms with Crippen molar-refractivity contribution < 1.29 is 22.1 Å². The van der Waals surface area contributed by atoms with Gasteiger partial charge in [-0.3, -0.25) is 0 Å². The van der Waals surface area contributed by atoms with E-state index in [1.54, 1.807) is 6.07 Å². The van der Waals surface area contributed by atoms with Crippen molar-refractivity contribution >= 4 is 9.84 Å². The van der Waals surface area contributed by atoms with Crippen molar-refractivity contribution in [2.75, 3.05) is 12.0 Å². The maximum Gasteiger partial charge on any atom is 0.257 e. The van der Waals surface area contributed by atoms with E-state index in [9.17, 15) is 12.8 Å². The molecule has 0 amide bonds. The topological polar surface area (TPSA) is 82.3 Å². The molecule has 0 fully saturated rings. The van der Waals surface area contributed by atoms with Crippen molar-refractivity contribution in [1.82, 2.24) is 10.1 Å². The highest BCUT2D eigenvalue weighted by Gasteiger charge is 2.13. The van der Waals surface area contributed by atoms with Gasteiger partial charge < -0.3 is 9.26 Å². The molecule has 0 aliphatic carbocycles. The molecule has 0 radical (unpaired) electrons. The van der Waals surface area contributed by atoms with E-state index in [0.717, 1.165) is 6.26 Å². The SMILES string of the molecule is CC(C)OCc1cc(-c2nc(CCS(C)(=O)=O)no2)ccc1F. The van der Waals surface area contributed by atoms with E-state index in [1.165, 1.54) is 12.1 Å². The van der Waals surface area contributed by atoms with Gasteiger partial charge in [0, 0.05) is 23.8 Å². The molecule has 0 N–H and O–H groups in total. The van der Waals surface area contributed by atoms with Crippen molar-refractivity contribution in [3.8, 4) is 11.5 Å². The van der Waals surface area contributed by atoms with Crippen molar-refractivity contribution in [2.24, 2.45) is 0 Å². The standard InChI is InChI=1S/C15H19FN2O4S/c1-10(2)21-9-12-8-11(4-5-13(12)16)15-17-14(18-22-15)6-7-23(3,19)20/h4-5,8,10H,6-7,9H2,1-3H3. The molecule has 6 nitrogen and oxygen atoms in total. The van der Waals surface area contributed by atoms with Crippen molar-refractivity contribution in [3.63, 3.8) is 0 Å². The van der Waals surface area contributed by atoms with Gasteiger partial charge in [-0.25, -0.2) is 12.8 Å². The smallest absolute Gasteiger partial charge is 0.257 e. The fraction of sp³-hybridized carbons (Fsp3) is 0.467. The first kappa shape index (κ1) is 17.6. The van der Waals surface area contributed by atoms with Gasteiger partial charge in [0.05, 0.1) is 18.5 Å². The summed E-state index contributed by atoms with van der Waals surface area (Å²) in [5, 5.41) is 3.75. The Hall–Kier alpha value is -1.80. The van der Waals surface area contributed by atoms with E-state index in [-0.39, 0.29) is 36.6 Å². The number of ether oxygens (including phenoxy) is 1. The number of halogens is 1. The maximum atomic E-state index is 13.8. The van der Waals surface area contributed by atoms with Crippen molar-refractivity contribution in [1.29, 1.82) is 0 Å². The molecule has 0 atom stereocenters. The number of benzene rings is 1. The van der Waals surface area contributed by atoms with Gasteiger partial charge in [-0.15, -0.1) is 0 Å². The van der Waals surface area contributed by atoms with Crippen LogP contribution in [0.2, 0.25) is 0 Å². The van der Waals surface area contributed by atoms with Crippen molar-refractivity contribution in [2.45, 2.75) is 33.0 Å². The van der Waals surface area contributed by atoms with Crippen LogP contribution in [0, 0.1) is 5.82 Å². The molecule has 2 aromatic rings. The quantitative estimate of drug-likeness (QED) is 0.768. The predicted molar refractivity (Wildman–Crippen MR) is 83.0 cm³/mol. The van der Waals surface area contributed by atoms with Crippen LogP contribution in [0.25, 0.3) is 11.5 Å². The second-order valence-corrected chi connectivity index (χ2v) is 7.82. The Labute approximate surface area is 134 Å². The Balaban J connectivity index is 2.15. The molecular formula is C15H19FN2O4S. The zero-order chi connectivity index (χ0) is 17.0. The van der Waals surface area contributed by atoms with Crippen LogP contribution in [-0.4, -0.2) is 36.7 Å². The van der Waals surface area contributed by atoms with E-state index in [1.807, 2.05) is 13.8 Å². The summed E-state index contributed by atoms with van der Waals surface area (Å²) < 4.78 is 46.6. The molecule has 0 unspecified atom stereocenters. The van der Waals surface area contributed by atoms with Gasteiger partial charge >= 0.3 is 0 Å². The Bertz CT molecular complexity index is 772. The van der Waals surface area contributed by atoms with Crippen LogP contribution in [0.5, 0.6) is 0 Å². The third kappa shape index (κ3) is 5.40. The molecule has 0 aliphatic rings. The first-order valence-electron chi connectivity index (χ1n) is 7.15. The van der Waals surface area contributed by atoms with E-state index >= 15 is 0 Å². The highest BCUT2D eigenvalue weighted by molar-refractivity contribution is 7.90. The Morgan fingerprint density at radius 1 is 1.35 bits per heavy atom. The van der Waals surface area contributed by atoms with Crippen LogP contribution in [0.15, 0.2) is 22.7 Å². The lowest BCUT2D eigenvalue weighted by atomic mass is 10.1. The molecule has 0 bridgehead atoms. The molecule has 1 aromatic heterocycles. The highest BCUT2D eigenvalue weighted by atomic mass is 32.2. The molecular weight excluding hydrogens is 323 g/mol. The lowest BCUT2D eigenvalue weighted by Crippen LogP contribution is -2.06. The summed E-state index contributed by atoms with van der Waals surface area (Å²) in [6.07, 6.45) is 1.31. The lowest BCUT2D eigenvalue weighted by Gasteiger charge is -2.09. The number of sulfone groups is 1. The number of aromatic nitrogens is 2. The third-order valence-electron chi connectivity index (χ3n) is 3.03. The zero-order valence-corrected chi connectivity index (χ0v) is 14.1. The molecule has 126 valence electrons. The van der Waals surface area contributed by atoms with E-state index in [4.69, 9.17) is 9.26 Å². The summed E-state index contributed by atoms with van der Waals surface area (Å²) in [6.45, 7) is 3.88. The molecule has 0 saturated heterocycles. The maximum absolute atomic E-state index is 13.8. The Kier molecular flexibility index (Phi) is 5.48. The molecule has 1 heterocycles. The summed E-state index contributed by atoms with van der Waals surface area (Å²) >= 11 is 0. The summed E-state index contributed by atoms with van der Waals surface area (Å²) in [6, 6.07) is 4.43. The minimum absolute atomic E-state index is 0.0101. The average molecular weight is 342 g/mol. The zero-order valence-electron chi connectivity index (χ0n) is 13.2. The second-order valence-electron chi connectivity index (χ2n) is 5.56. The first-order valence-corrected chi connectivity index (χ1v) is 9.21. The van der Waals surface area contributed by atoms with Gasteiger partial charge in [0.1, 0.15) is 15.7 Å². The third-order valence-corrected chi connectivity index (χ3v) is 3.98. The van der Waals surface area contributed by atoms with Gasteiger partial charge in [-0.1, -0.05) is 5.16 Å². The first-order chi connectivity index (χ1) is 10.7. The number of hydrogen-bond acceptors (Lipinski definition) is 6.